The van der Waals surface area contributed by atoms with E-state index in [2.05, 4.69) is 4.72 Å². The maximum Gasteiger partial charge on any atom is 0.240 e. The largest absolute Gasteiger partial charge is 0.309 e. The van der Waals surface area contributed by atoms with Crippen molar-refractivity contribution < 1.29 is 13.2 Å². The second kappa shape index (κ2) is 6.79. The monoisotopic (exact) mass is 324 g/mol. The zero-order valence-corrected chi connectivity index (χ0v) is 14.2. The number of rotatable bonds is 6. The summed E-state index contributed by atoms with van der Waals surface area (Å²) in [5.74, 6) is 0.0722. The van der Waals surface area contributed by atoms with Crippen LogP contribution in [0.5, 0.6) is 0 Å². The van der Waals surface area contributed by atoms with Crippen molar-refractivity contribution in [2.45, 2.75) is 57.4 Å². The first kappa shape index (κ1) is 17.0. The fraction of sp³-hybridized carbons (Fsp3) is 0.562. The van der Waals surface area contributed by atoms with Crippen LogP contribution in [0.15, 0.2) is 23.1 Å². The Morgan fingerprint density at radius 2 is 2.09 bits per heavy atom. The summed E-state index contributed by atoms with van der Waals surface area (Å²) >= 11 is 0. The smallest absolute Gasteiger partial charge is 0.240 e. The molecule has 1 aromatic carbocycles. The Bertz CT molecular complexity index is 655. The lowest BCUT2D eigenvalue weighted by atomic mass is 10.1. The van der Waals surface area contributed by atoms with Gasteiger partial charge in [0.25, 0.3) is 0 Å². The van der Waals surface area contributed by atoms with Crippen molar-refractivity contribution >= 4 is 21.6 Å². The second-order valence-electron chi connectivity index (χ2n) is 5.71. The first-order valence-electron chi connectivity index (χ1n) is 7.85. The molecule has 5 nitrogen and oxygen atoms in total. The third kappa shape index (κ3) is 3.33. The van der Waals surface area contributed by atoms with Gasteiger partial charge < -0.3 is 4.90 Å². The normalized spacial score (nSPS) is 17.6. The molecule has 0 bridgehead atoms. The van der Waals surface area contributed by atoms with Gasteiger partial charge in [-0.25, -0.2) is 13.1 Å². The summed E-state index contributed by atoms with van der Waals surface area (Å²) in [7, 11) is -3.47. The molecule has 1 heterocycles. The van der Waals surface area contributed by atoms with Crippen LogP contribution < -0.4 is 9.62 Å². The minimum Gasteiger partial charge on any atom is -0.309 e. The summed E-state index contributed by atoms with van der Waals surface area (Å²) in [5, 5.41) is 0. The highest BCUT2D eigenvalue weighted by Gasteiger charge is 2.31. The zero-order chi connectivity index (χ0) is 16.3. The van der Waals surface area contributed by atoms with Crippen LogP contribution in [-0.2, 0) is 21.2 Å². The van der Waals surface area contributed by atoms with Crippen molar-refractivity contribution in [3.05, 3.63) is 23.8 Å². The van der Waals surface area contributed by atoms with Gasteiger partial charge in [-0.2, -0.15) is 0 Å². The predicted octanol–water partition coefficient (Wildman–Crippen LogP) is 2.45. The molecule has 1 aliphatic heterocycles. The van der Waals surface area contributed by atoms with Crippen LogP contribution in [-0.4, -0.2) is 26.9 Å². The van der Waals surface area contributed by atoms with Crippen LogP contribution in [0.3, 0.4) is 0 Å². The number of unbranched alkanes of at least 4 members (excludes halogenated alkanes) is 1. The number of nitrogens with zero attached hydrogens (tertiary/aromatic N) is 1. The lowest BCUT2D eigenvalue weighted by Gasteiger charge is -2.22. The zero-order valence-electron chi connectivity index (χ0n) is 13.4. The lowest BCUT2D eigenvalue weighted by Crippen LogP contribution is -2.35. The van der Waals surface area contributed by atoms with Crippen molar-refractivity contribution in [3.63, 3.8) is 0 Å². The van der Waals surface area contributed by atoms with Gasteiger partial charge in [0.05, 0.1) is 4.90 Å². The van der Waals surface area contributed by atoms with E-state index in [9.17, 15) is 13.2 Å². The standard InChI is InChI=1S/C16H24N2O3S/c1-4-6-9-17-22(20,21)14-7-8-15-13(11-14)10-12(3)18(15)16(19)5-2/h7-8,11-12,17H,4-6,9-10H2,1-3H3/t12-/m1/s1. The number of fused-ring (bicyclic) bond motifs is 1. The SMILES string of the molecule is CCCCNS(=O)(=O)c1ccc2c(c1)C[C@@H](C)N2C(=O)CC. The Kier molecular flexibility index (Phi) is 5.24. The first-order chi connectivity index (χ1) is 10.4. The molecule has 0 saturated heterocycles. The van der Waals surface area contributed by atoms with Crippen LogP contribution in [0.2, 0.25) is 0 Å². The Morgan fingerprint density at radius 1 is 1.36 bits per heavy atom. The highest BCUT2D eigenvalue weighted by molar-refractivity contribution is 7.89. The number of benzene rings is 1. The molecule has 1 aliphatic rings. The molecule has 0 aromatic heterocycles. The second-order valence-corrected chi connectivity index (χ2v) is 7.48. The van der Waals surface area contributed by atoms with Crippen molar-refractivity contribution in [2.24, 2.45) is 0 Å². The molecule has 0 unspecified atom stereocenters. The minimum atomic E-state index is -3.47. The molecule has 2 rings (SSSR count). The molecule has 0 spiro atoms. The van der Waals surface area contributed by atoms with Crippen LogP contribution in [0.25, 0.3) is 0 Å². The van der Waals surface area contributed by atoms with E-state index in [1.54, 1.807) is 23.1 Å². The van der Waals surface area contributed by atoms with Gasteiger partial charge in [0.1, 0.15) is 0 Å². The highest BCUT2D eigenvalue weighted by atomic mass is 32.2. The number of anilines is 1. The number of carbonyl (C=O) groups is 1. The molecule has 1 atom stereocenters. The van der Waals surface area contributed by atoms with E-state index in [0.717, 1.165) is 24.1 Å². The molecule has 0 radical (unpaired) electrons. The van der Waals surface area contributed by atoms with Crippen molar-refractivity contribution in [2.75, 3.05) is 11.4 Å². The number of hydrogen-bond donors (Lipinski definition) is 1. The van der Waals surface area contributed by atoms with Gasteiger partial charge in [-0.1, -0.05) is 20.3 Å². The van der Waals surface area contributed by atoms with Crippen molar-refractivity contribution in [3.8, 4) is 0 Å². The highest BCUT2D eigenvalue weighted by Crippen LogP contribution is 2.34. The van der Waals surface area contributed by atoms with E-state index in [1.807, 2.05) is 20.8 Å². The fourth-order valence-electron chi connectivity index (χ4n) is 2.79. The van der Waals surface area contributed by atoms with Gasteiger partial charge in [-0.3, -0.25) is 4.79 Å². The molecule has 22 heavy (non-hydrogen) atoms. The summed E-state index contributed by atoms with van der Waals surface area (Å²) in [6, 6.07) is 5.11. The molecule has 1 N–H and O–H groups in total. The Hall–Kier alpha value is -1.40. The predicted molar refractivity (Wildman–Crippen MR) is 87.5 cm³/mol. The van der Waals surface area contributed by atoms with Gasteiger partial charge in [0.15, 0.2) is 0 Å². The van der Waals surface area contributed by atoms with Crippen LogP contribution in [0, 0.1) is 0 Å². The lowest BCUT2D eigenvalue weighted by molar-refractivity contribution is -0.118. The molecule has 0 saturated carbocycles. The van der Waals surface area contributed by atoms with E-state index in [-0.39, 0.29) is 16.8 Å². The maximum atomic E-state index is 12.3. The minimum absolute atomic E-state index is 0.0722. The van der Waals surface area contributed by atoms with E-state index < -0.39 is 10.0 Å². The first-order valence-corrected chi connectivity index (χ1v) is 9.33. The summed E-state index contributed by atoms with van der Waals surface area (Å²) in [4.78, 5) is 14.1. The van der Waals surface area contributed by atoms with Crippen molar-refractivity contribution in [1.29, 1.82) is 0 Å². The summed E-state index contributed by atoms with van der Waals surface area (Å²) in [6.45, 7) is 6.29. The number of carbonyl (C=O) groups excluding carboxylic acids is 1. The quantitative estimate of drug-likeness (QED) is 0.817. The number of amides is 1. The molecular weight excluding hydrogens is 300 g/mol. The van der Waals surface area contributed by atoms with Gasteiger partial charge in [0.2, 0.25) is 15.9 Å². The molecular formula is C16H24N2O3S. The topological polar surface area (TPSA) is 66.5 Å². The van der Waals surface area contributed by atoms with Crippen molar-refractivity contribution in [1.82, 2.24) is 4.72 Å². The van der Waals surface area contributed by atoms with Crippen LogP contribution in [0.1, 0.15) is 45.6 Å². The number of hydrogen-bond acceptors (Lipinski definition) is 3. The average Bonchev–Trinajstić information content (AvgIpc) is 2.81. The summed E-state index contributed by atoms with van der Waals surface area (Å²) in [6.07, 6.45) is 2.90. The van der Waals surface area contributed by atoms with Gasteiger partial charge in [0, 0.05) is 24.7 Å². The third-order valence-corrected chi connectivity index (χ3v) is 5.43. The van der Waals surface area contributed by atoms with E-state index in [0.29, 0.717) is 19.4 Å². The maximum absolute atomic E-state index is 12.3. The molecule has 6 heteroatoms. The number of sulfonamides is 1. The Morgan fingerprint density at radius 3 is 2.73 bits per heavy atom. The van der Waals surface area contributed by atoms with Crippen LogP contribution >= 0.6 is 0 Å². The fourth-order valence-corrected chi connectivity index (χ4v) is 3.92. The van der Waals surface area contributed by atoms with Crippen LogP contribution in [0.4, 0.5) is 5.69 Å². The van der Waals surface area contributed by atoms with Gasteiger partial charge >= 0.3 is 0 Å². The van der Waals surface area contributed by atoms with Gasteiger partial charge in [-0.15, -0.1) is 0 Å². The Labute approximate surface area is 132 Å². The molecule has 1 amide bonds. The molecule has 1 aromatic rings. The van der Waals surface area contributed by atoms with E-state index >= 15 is 0 Å². The third-order valence-electron chi connectivity index (χ3n) is 3.97. The molecule has 0 fully saturated rings. The summed E-state index contributed by atoms with van der Waals surface area (Å²) in [5.41, 5.74) is 1.76. The Balaban J connectivity index is 2.27. The van der Waals surface area contributed by atoms with E-state index in [4.69, 9.17) is 0 Å². The number of nitrogens with one attached hydrogen (secondary N) is 1. The molecule has 122 valence electrons. The van der Waals surface area contributed by atoms with E-state index in [1.165, 1.54) is 0 Å². The summed E-state index contributed by atoms with van der Waals surface area (Å²) < 4.78 is 27.2. The average molecular weight is 324 g/mol. The molecule has 0 aliphatic carbocycles. The van der Waals surface area contributed by atoms with Gasteiger partial charge in [-0.05, 0) is 43.5 Å².